The van der Waals surface area contributed by atoms with Gasteiger partial charge in [-0.2, -0.15) is 0 Å². The molecule has 2 bridgehead atoms. The van der Waals surface area contributed by atoms with Crippen molar-refractivity contribution in [2.45, 2.75) is 12.8 Å². The van der Waals surface area contributed by atoms with Crippen molar-refractivity contribution in [3.63, 3.8) is 0 Å². The zero-order chi connectivity index (χ0) is 5.40. The van der Waals surface area contributed by atoms with Crippen molar-refractivity contribution in [1.82, 2.24) is 0 Å². The minimum absolute atomic E-state index is 0.395. The van der Waals surface area contributed by atoms with E-state index >= 15 is 0 Å². The van der Waals surface area contributed by atoms with E-state index in [2.05, 4.69) is 11.9 Å². The molecule has 0 spiro atoms. The summed E-state index contributed by atoms with van der Waals surface area (Å²) in [4.78, 5) is 0. The number of hydrogen-bond donors (Lipinski definition) is 0. The molecular formula is C7H10P+. The third-order valence-electron chi connectivity index (χ3n) is 1.96. The van der Waals surface area contributed by atoms with Crippen molar-refractivity contribution in [3.05, 3.63) is 11.6 Å². The summed E-state index contributed by atoms with van der Waals surface area (Å²) in [6.45, 7) is 0. The van der Waals surface area contributed by atoms with Crippen LogP contribution in [0.5, 0.6) is 0 Å². The molecule has 0 aromatic rings. The summed E-state index contributed by atoms with van der Waals surface area (Å²) < 4.78 is 0. The topological polar surface area (TPSA) is 0 Å². The third kappa shape index (κ3) is 0.641. The second-order valence-corrected chi connectivity index (χ2v) is 4.88. The molecule has 0 unspecified atom stereocenters. The van der Waals surface area contributed by atoms with Gasteiger partial charge in [-0.15, -0.1) is 0 Å². The van der Waals surface area contributed by atoms with E-state index < -0.39 is 0 Å². The normalized spacial score (nSPS) is 25.0. The van der Waals surface area contributed by atoms with Gasteiger partial charge in [-0.1, -0.05) is 5.57 Å². The maximum Gasteiger partial charge on any atom is 0.110 e. The zero-order valence-corrected chi connectivity index (χ0v) is 5.82. The summed E-state index contributed by atoms with van der Waals surface area (Å²) >= 11 is 0. The molecule has 3 aliphatic heterocycles. The fraction of sp³-hybridized carbons (Fsp3) is 0.571. The van der Waals surface area contributed by atoms with Crippen LogP contribution in [-0.2, 0) is 0 Å². The Balaban J connectivity index is 2.36. The molecule has 0 aromatic carbocycles. The first kappa shape index (κ1) is 4.76. The summed E-state index contributed by atoms with van der Waals surface area (Å²) in [5.41, 5.74) is 1.70. The van der Waals surface area contributed by atoms with Crippen LogP contribution in [0.25, 0.3) is 0 Å². The van der Waals surface area contributed by atoms with E-state index in [1.807, 2.05) is 0 Å². The second-order valence-electron chi connectivity index (χ2n) is 2.51. The Morgan fingerprint density at radius 2 is 2.00 bits per heavy atom. The second kappa shape index (κ2) is 1.70. The van der Waals surface area contributed by atoms with Gasteiger partial charge in [0.05, 0.1) is 7.55 Å². The van der Waals surface area contributed by atoms with Crippen LogP contribution in [-0.4, -0.2) is 18.1 Å². The van der Waals surface area contributed by atoms with Crippen LogP contribution in [0.1, 0.15) is 12.8 Å². The molecule has 3 aliphatic rings. The van der Waals surface area contributed by atoms with E-state index in [1.165, 1.54) is 25.2 Å². The van der Waals surface area contributed by atoms with Crippen LogP contribution < -0.4 is 0 Å². The van der Waals surface area contributed by atoms with Crippen molar-refractivity contribution in [2.75, 3.05) is 12.3 Å². The van der Waals surface area contributed by atoms with E-state index in [9.17, 15) is 0 Å². The van der Waals surface area contributed by atoms with Gasteiger partial charge in [0, 0.05) is 12.8 Å². The third-order valence-corrected chi connectivity index (χ3v) is 4.13. The first-order valence-electron chi connectivity index (χ1n) is 3.22. The van der Waals surface area contributed by atoms with Gasteiger partial charge >= 0.3 is 0 Å². The number of rotatable bonds is 0. The molecule has 0 N–H and O–H groups in total. The zero-order valence-electron chi connectivity index (χ0n) is 4.93. The average molecular weight is 125 g/mol. The van der Waals surface area contributed by atoms with E-state index in [0.717, 1.165) is 0 Å². The lowest BCUT2D eigenvalue weighted by molar-refractivity contribution is 0.954. The van der Waals surface area contributed by atoms with Crippen molar-refractivity contribution < 1.29 is 0 Å². The van der Waals surface area contributed by atoms with Crippen molar-refractivity contribution >= 4 is 13.3 Å². The maximum atomic E-state index is 2.44. The molecule has 0 nitrogen and oxygen atoms in total. The minimum Gasteiger partial charge on any atom is -0.0584 e. The highest BCUT2D eigenvalue weighted by Crippen LogP contribution is 2.37. The van der Waals surface area contributed by atoms with Crippen molar-refractivity contribution in [1.29, 1.82) is 0 Å². The van der Waals surface area contributed by atoms with Crippen LogP contribution in [0.2, 0.25) is 0 Å². The molecule has 0 atom stereocenters. The molecule has 8 heavy (non-hydrogen) atoms. The highest BCUT2D eigenvalue weighted by Gasteiger charge is 2.21. The quantitative estimate of drug-likeness (QED) is 0.434. The number of fused-ring (bicyclic) bond motifs is 3. The molecule has 3 heterocycles. The standard InChI is InChI=1S/C7H10P/c1-4-8-5-2-7(1)3-6-8/h1,4H,2-3,5-6H2/q+1. The van der Waals surface area contributed by atoms with Gasteiger partial charge < -0.3 is 0 Å². The number of hydrogen-bond acceptors (Lipinski definition) is 0. The smallest absolute Gasteiger partial charge is 0.0584 e. The van der Waals surface area contributed by atoms with E-state index in [0.29, 0.717) is 7.55 Å². The molecular weight excluding hydrogens is 115 g/mol. The van der Waals surface area contributed by atoms with E-state index in [4.69, 9.17) is 0 Å². The lowest BCUT2D eigenvalue weighted by Crippen LogP contribution is -2.04. The molecule has 0 amide bonds. The van der Waals surface area contributed by atoms with E-state index in [-0.39, 0.29) is 0 Å². The first-order valence-corrected chi connectivity index (χ1v) is 5.00. The molecule has 0 saturated carbocycles. The average Bonchev–Trinajstić information content (AvgIpc) is 1.92. The highest BCUT2D eigenvalue weighted by molar-refractivity contribution is 7.57. The monoisotopic (exact) mass is 125 g/mol. The van der Waals surface area contributed by atoms with Gasteiger partial charge in [-0.05, 0) is 6.08 Å². The van der Waals surface area contributed by atoms with Gasteiger partial charge in [0.15, 0.2) is 0 Å². The Labute approximate surface area is 51.0 Å². The molecule has 1 saturated heterocycles. The Morgan fingerprint density at radius 3 is 2.12 bits per heavy atom. The summed E-state index contributed by atoms with van der Waals surface area (Å²) in [6, 6.07) is 0. The molecule has 1 fully saturated rings. The molecule has 0 aromatic heterocycles. The number of allylic oxidation sites excluding steroid dienone is 2. The van der Waals surface area contributed by atoms with Crippen molar-refractivity contribution in [2.24, 2.45) is 0 Å². The minimum atomic E-state index is 0.395. The first-order chi connectivity index (χ1) is 3.95. The summed E-state index contributed by atoms with van der Waals surface area (Å²) in [7, 11) is 0.395. The fourth-order valence-corrected chi connectivity index (χ4v) is 3.43. The van der Waals surface area contributed by atoms with Crippen LogP contribution in [0, 0.1) is 0 Å². The highest BCUT2D eigenvalue weighted by atomic mass is 31.1. The van der Waals surface area contributed by atoms with Crippen LogP contribution in [0.15, 0.2) is 11.6 Å². The van der Waals surface area contributed by atoms with Crippen LogP contribution in [0.4, 0.5) is 0 Å². The lowest BCUT2D eigenvalue weighted by Gasteiger charge is -2.12. The van der Waals surface area contributed by atoms with Gasteiger partial charge in [-0.25, -0.2) is 0 Å². The van der Waals surface area contributed by atoms with Gasteiger partial charge in [-0.3, -0.25) is 0 Å². The maximum absolute atomic E-state index is 2.44. The molecule has 3 rings (SSSR count). The molecule has 1 heteroatoms. The lowest BCUT2D eigenvalue weighted by atomic mass is 10.1. The predicted octanol–water partition coefficient (Wildman–Crippen LogP) is 2.00. The van der Waals surface area contributed by atoms with Crippen LogP contribution in [0.3, 0.4) is 0 Å². The molecule has 0 radical (unpaired) electrons. The Kier molecular flexibility index (Phi) is 1.01. The SMILES string of the molecule is C1=C2CC[P+](=C1)CC2. The van der Waals surface area contributed by atoms with Crippen molar-refractivity contribution in [3.8, 4) is 0 Å². The van der Waals surface area contributed by atoms with Gasteiger partial charge in [0.25, 0.3) is 0 Å². The van der Waals surface area contributed by atoms with E-state index in [1.54, 1.807) is 5.57 Å². The summed E-state index contributed by atoms with van der Waals surface area (Å²) in [5.74, 6) is 2.44. The molecule has 0 aliphatic carbocycles. The Hall–Kier alpha value is -0.0900. The summed E-state index contributed by atoms with van der Waals surface area (Å²) in [5, 5.41) is 0. The summed E-state index contributed by atoms with van der Waals surface area (Å²) in [6.07, 6.45) is 8.20. The fourth-order valence-electron chi connectivity index (χ4n) is 1.34. The molecule has 42 valence electrons. The van der Waals surface area contributed by atoms with Crippen LogP contribution >= 0.6 is 7.55 Å². The Bertz CT molecular complexity index is 133. The Morgan fingerprint density at radius 1 is 1.25 bits per heavy atom. The van der Waals surface area contributed by atoms with Gasteiger partial charge in [0.1, 0.15) is 18.1 Å². The predicted molar refractivity (Wildman–Crippen MR) is 40.0 cm³/mol. The largest absolute Gasteiger partial charge is 0.110 e. The van der Waals surface area contributed by atoms with Gasteiger partial charge in [0.2, 0.25) is 0 Å².